The number of carbonyl (C=O) groups excluding carboxylic acids is 2. The number of benzene rings is 2. The highest BCUT2D eigenvalue weighted by Gasteiger charge is 2.09. The summed E-state index contributed by atoms with van der Waals surface area (Å²) >= 11 is 5.84. The highest BCUT2D eigenvalue weighted by Crippen LogP contribution is 2.15. The Balaban J connectivity index is 1.70. The summed E-state index contributed by atoms with van der Waals surface area (Å²) in [5.74, 6) is -1.06. The monoisotopic (exact) mass is 363 g/mol. The molecule has 0 aliphatic carbocycles. The molecule has 0 radical (unpaired) electrons. The van der Waals surface area contributed by atoms with Gasteiger partial charge in [0.25, 0.3) is 0 Å². The summed E-state index contributed by atoms with van der Waals surface area (Å²) in [6, 6.07) is 12.7. The van der Waals surface area contributed by atoms with Gasteiger partial charge < -0.3 is 16.0 Å². The van der Waals surface area contributed by atoms with Crippen molar-refractivity contribution in [1.82, 2.24) is 10.6 Å². The zero-order valence-electron chi connectivity index (χ0n) is 13.7. The van der Waals surface area contributed by atoms with Crippen LogP contribution in [0.3, 0.4) is 0 Å². The van der Waals surface area contributed by atoms with Crippen molar-refractivity contribution in [3.05, 3.63) is 64.9 Å². The average molecular weight is 364 g/mol. The lowest BCUT2D eigenvalue weighted by Crippen LogP contribution is -2.39. The molecule has 0 unspecified atom stereocenters. The Morgan fingerprint density at radius 3 is 2.28 bits per heavy atom. The van der Waals surface area contributed by atoms with Crippen molar-refractivity contribution in [3.63, 3.8) is 0 Å². The normalized spacial score (nSPS) is 11.6. The van der Waals surface area contributed by atoms with Crippen molar-refractivity contribution in [3.8, 4) is 0 Å². The van der Waals surface area contributed by atoms with Gasteiger partial charge in [0.2, 0.25) is 11.8 Å². The van der Waals surface area contributed by atoms with E-state index in [0.717, 1.165) is 5.56 Å². The summed E-state index contributed by atoms with van der Waals surface area (Å²) in [7, 11) is 0. The van der Waals surface area contributed by atoms with Gasteiger partial charge in [0, 0.05) is 16.8 Å². The molecule has 7 heteroatoms. The molecule has 5 nitrogen and oxygen atoms in total. The molecular weight excluding hydrogens is 345 g/mol. The zero-order valence-corrected chi connectivity index (χ0v) is 14.4. The number of amides is 2. The molecule has 0 bridgehead atoms. The molecule has 25 heavy (non-hydrogen) atoms. The fourth-order valence-corrected chi connectivity index (χ4v) is 2.22. The maximum Gasteiger partial charge on any atom is 0.243 e. The van der Waals surface area contributed by atoms with E-state index in [1.807, 2.05) is 19.1 Å². The highest BCUT2D eigenvalue weighted by atomic mass is 35.5. The third kappa shape index (κ3) is 6.52. The molecule has 0 spiro atoms. The van der Waals surface area contributed by atoms with Crippen LogP contribution in [-0.2, 0) is 9.59 Å². The van der Waals surface area contributed by atoms with Crippen LogP contribution in [0.4, 0.5) is 10.1 Å². The van der Waals surface area contributed by atoms with Crippen LogP contribution in [0.25, 0.3) is 0 Å². The minimum Gasteiger partial charge on any atom is -0.346 e. The maximum absolute atomic E-state index is 12.8. The van der Waals surface area contributed by atoms with E-state index in [9.17, 15) is 14.0 Å². The average Bonchev–Trinajstić information content (AvgIpc) is 2.60. The molecule has 2 rings (SSSR count). The molecule has 0 aromatic heterocycles. The molecule has 0 aliphatic rings. The second kappa shape index (κ2) is 9.15. The molecule has 0 saturated carbocycles. The molecule has 132 valence electrons. The van der Waals surface area contributed by atoms with Gasteiger partial charge in [-0.3, -0.25) is 9.59 Å². The van der Waals surface area contributed by atoms with Crippen molar-refractivity contribution in [2.45, 2.75) is 13.0 Å². The van der Waals surface area contributed by atoms with Crippen LogP contribution in [-0.4, -0.2) is 24.9 Å². The molecule has 1 atom stereocenters. The standard InChI is InChI=1S/C18H19ClFN3O2/c1-12(13-2-4-14(19)5-3-13)21-10-17(24)22-11-18(25)23-16-8-6-15(20)7-9-16/h2-9,12,21H,10-11H2,1H3,(H,22,24)(H,23,25)/t12-/m1/s1. The van der Waals surface area contributed by atoms with Gasteiger partial charge in [-0.05, 0) is 48.9 Å². The molecular formula is C18H19ClFN3O2. The Kier molecular flexibility index (Phi) is 6.91. The van der Waals surface area contributed by atoms with Gasteiger partial charge in [-0.1, -0.05) is 23.7 Å². The van der Waals surface area contributed by atoms with E-state index in [2.05, 4.69) is 16.0 Å². The summed E-state index contributed by atoms with van der Waals surface area (Å²) in [5.41, 5.74) is 1.47. The van der Waals surface area contributed by atoms with Gasteiger partial charge in [-0.25, -0.2) is 4.39 Å². The summed E-state index contributed by atoms with van der Waals surface area (Å²) < 4.78 is 12.8. The molecule has 0 aliphatic heterocycles. The van der Waals surface area contributed by atoms with E-state index in [-0.39, 0.29) is 36.8 Å². The summed E-state index contributed by atoms with van der Waals surface area (Å²) in [6.07, 6.45) is 0. The summed E-state index contributed by atoms with van der Waals surface area (Å²) in [4.78, 5) is 23.6. The molecule has 3 N–H and O–H groups in total. The summed E-state index contributed by atoms with van der Waals surface area (Å²) in [6.45, 7) is 1.85. The zero-order chi connectivity index (χ0) is 18.2. The van der Waals surface area contributed by atoms with Crippen LogP contribution in [0.1, 0.15) is 18.5 Å². The Morgan fingerprint density at radius 1 is 1.00 bits per heavy atom. The molecule has 2 aromatic carbocycles. The first-order chi connectivity index (χ1) is 11.9. The van der Waals surface area contributed by atoms with E-state index in [1.165, 1.54) is 24.3 Å². The number of nitrogens with one attached hydrogen (secondary N) is 3. The van der Waals surface area contributed by atoms with Gasteiger partial charge in [-0.2, -0.15) is 0 Å². The number of carbonyl (C=O) groups is 2. The number of halogens is 2. The van der Waals surface area contributed by atoms with Crippen molar-refractivity contribution in [1.29, 1.82) is 0 Å². The van der Waals surface area contributed by atoms with Crippen molar-refractivity contribution < 1.29 is 14.0 Å². The largest absolute Gasteiger partial charge is 0.346 e. The lowest BCUT2D eigenvalue weighted by Gasteiger charge is -2.14. The Labute approximate surface area is 150 Å². The third-order valence-electron chi connectivity index (χ3n) is 3.51. The van der Waals surface area contributed by atoms with Gasteiger partial charge in [0.15, 0.2) is 0 Å². The lowest BCUT2D eigenvalue weighted by molar-refractivity contribution is -0.123. The van der Waals surface area contributed by atoms with Crippen molar-refractivity contribution in [2.24, 2.45) is 0 Å². The lowest BCUT2D eigenvalue weighted by atomic mass is 10.1. The Hall–Kier alpha value is -2.44. The predicted octanol–water partition coefficient (Wildman–Crippen LogP) is 2.88. The predicted molar refractivity (Wildman–Crippen MR) is 95.9 cm³/mol. The van der Waals surface area contributed by atoms with Crippen molar-refractivity contribution in [2.75, 3.05) is 18.4 Å². The first kappa shape index (κ1) is 18.9. The minimum absolute atomic E-state index is 0.0314. The smallest absolute Gasteiger partial charge is 0.243 e. The van der Waals surface area contributed by atoms with Gasteiger partial charge in [-0.15, -0.1) is 0 Å². The van der Waals surface area contributed by atoms with E-state index in [1.54, 1.807) is 12.1 Å². The second-order valence-electron chi connectivity index (χ2n) is 5.49. The van der Waals surface area contributed by atoms with Crippen LogP contribution in [0.5, 0.6) is 0 Å². The highest BCUT2D eigenvalue weighted by molar-refractivity contribution is 6.30. The van der Waals surface area contributed by atoms with Crippen LogP contribution in [0.15, 0.2) is 48.5 Å². The van der Waals surface area contributed by atoms with Gasteiger partial charge in [0.1, 0.15) is 5.82 Å². The third-order valence-corrected chi connectivity index (χ3v) is 3.76. The number of rotatable bonds is 7. The van der Waals surface area contributed by atoms with E-state index in [0.29, 0.717) is 10.7 Å². The molecule has 0 fully saturated rings. The molecule has 0 saturated heterocycles. The number of hydrogen-bond donors (Lipinski definition) is 3. The topological polar surface area (TPSA) is 70.2 Å². The van der Waals surface area contributed by atoms with Crippen LogP contribution >= 0.6 is 11.6 Å². The Morgan fingerprint density at radius 2 is 1.64 bits per heavy atom. The number of hydrogen-bond acceptors (Lipinski definition) is 3. The van der Waals surface area contributed by atoms with E-state index < -0.39 is 0 Å². The second-order valence-corrected chi connectivity index (χ2v) is 5.92. The van der Waals surface area contributed by atoms with E-state index >= 15 is 0 Å². The SMILES string of the molecule is C[C@@H](NCC(=O)NCC(=O)Nc1ccc(F)cc1)c1ccc(Cl)cc1. The minimum atomic E-state index is -0.384. The van der Waals surface area contributed by atoms with Crippen LogP contribution < -0.4 is 16.0 Å². The van der Waals surface area contributed by atoms with Gasteiger partial charge >= 0.3 is 0 Å². The van der Waals surface area contributed by atoms with Crippen LogP contribution in [0, 0.1) is 5.82 Å². The van der Waals surface area contributed by atoms with Crippen molar-refractivity contribution >= 4 is 29.1 Å². The van der Waals surface area contributed by atoms with Gasteiger partial charge in [0.05, 0.1) is 13.1 Å². The first-order valence-corrected chi connectivity index (χ1v) is 8.13. The van der Waals surface area contributed by atoms with E-state index in [4.69, 9.17) is 11.6 Å². The maximum atomic E-state index is 12.8. The number of anilines is 1. The fourth-order valence-electron chi connectivity index (χ4n) is 2.09. The molecule has 2 aromatic rings. The molecule has 2 amide bonds. The fraction of sp³-hybridized carbons (Fsp3) is 0.222. The Bertz CT molecular complexity index is 720. The van der Waals surface area contributed by atoms with Crippen LogP contribution in [0.2, 0.25) is 5.02 Å². The quantitative estimate of drug-likeness (QED) is 0.708. The molecule has 0 heterocycles. The first-order valence-electron chi connectivity index (χ1n) is 7.75. The summed E-state index contributed by atoms with van der Waals surface area (Å²) in [5, 5.41) is 8.81.